The van der Waals surface area contributed by atoms with Gasteiger partial charge in [-0.05, 0) is 61.4 Å². The number of halogens is 4. The number of hydrogen-bond acceptors (Lipinski definition) is 8. The average molecular weight is 665 g/mol. The number of benzene rings is 2. The van der Waals surface area contributed by atoms with Crippen molar-refractivity contribution in [1.82, 2.24) is 4.98 Å². The van der Waals surface area contributed by atoms with Crippen LogP contribution in [0.15, 0.2) is 52.3 Å². The molecule has 3 aromatic rings. The molecular weight excluding hydrogens is 641 g/mol. The van der Waals surface area contributed by atoms with E-state index in [1.807, 2.05) is 0 Å². The number of thiazole rings is 1. The van der Waals surface area contributed by atoms with Crippen molar-refractivity contribution >= 4 is 58.2 Å². The van der Waals surface area contributed by atoms with Gasteiger partial charge < -0.3 is 14.5 Å². The molecule has 2 aromatic carbocycles. The van der Waals surface area contributed by atoms with E-state index in [0.717, 1.165) is 33.2 Å². The van der Waals surface area contributed by atoms with Crippen molar-refractivity contribution in [3.05, 3.63) is 73.2 Å². The van der Waals surface area contributed by atoms with Crippen LogP contribution >= 0.6 is 34.7 Å². The number of amides is 2. The van der Waals surface area contributed by atoms with Gasteiger partial charge in [0.25, 0.3) is 0 Å². The van der Waals surface area contributed by atoms with E-state index >= 15 is 0 Å². The number of nitrogens with one attached hydrogen (secondary N) is 1. The third-order valence-electron chi connectivity index (χ3n) is 9.13. The van der Waals surface area contributed by atoms with Gasteiger partial charge in [0.15, 0.2) is 6.61 Å². The lowest BCUT2D eigenvalue weighted by Gasteiger charge is -2.43. The molecule has 4 unspecified atom stereocenters. The molecule has 3 fully saturated rings. The van der Waals surface area contributed by atoms with E-state index in [1.165, 1.54) is 23.9 Å². The molecule has 2 bridgehead atoms. The van der Waals surface area contributed by atoms with Crippen molar-refractivity contribution in [2.24, 2.45) is 29.6 Å². The first-order valence-electron chi connectivity index (χ1n) is 14.0. The lowest BCUT2D eigenvalue weighted by atomic mass is 9.68. The standard InChI is InChI=1S/C30H24ClF3N2O6S2/c1-2-41-19(37)11-42-18-8-7-12(31)9-13(18)20-21-14-10-15(24(21)43-26-25(20)44-29(40)35-26)23-22(14)27(38)36(28(23)39)17-6-4-3-5-16(17)30(32,33)34/h3-9,14-15,20-24H,2,10-11H2,1H3,(H,35,40)/t14-,15-,20-,21?,22?,23?,24?/m1/s1. The molecule has 44 heavy (non-hydrogen) atoms. The minimum atomic E-state index is -4.75. The predicted molar refractivity (Wildman–Crippen MR) is 156 cm³/mol. The maximum atomic E-state index is 14.0. The third kappa shape index (κ3) is 4.49. The molecule has 7 rings (SSSR count). The number of hydrogen-bond donors (Lipinski definition) is 1. The van der Waals surface area contributed by atoms with Gasteiger partial charge in [0.05, 0.1) is 34.7 Å². The molecule has 2 saturated carbocycles. The van der Waals surface area contributed by atoms with E-state index in [9.17, 15) is 32.3 Å². The zero-order chi connectivity index (χ0) is 31.1. The number of thioether (sulfide) groups is 1. The van der Waals surface area contributed by atoms with Crippen LogP contribution in [0.1, 0.15) is 35.3 Å². The number of fused-ring (bicyclic) bond motifs is 9. The molecule has 2 aliphatic heterocycles. The molecule has 2 amide bonds. The molecule has 230 valence electrons. The number of carbonyl (C=O) groups excluding carboxylic acids is 3. The van der Waals surface area contributed by atoms with Crippen LogP contribution in [0.2, 0.25) is 5.02 Å². The highest BCUT2D eigenvalue weighted by Gasteiger charge is 2.70. The van der Waals surface area contributed by atoms with Gasteiger partial charge in [0.1, 0.15) is 5.75 Å². The second-order valence-electron chi connectivity index (χ2n) is 11.3. The average Bonchev–Trinajstić information content (AvgIpc) is 3.70. The van der Waals surface area contributed by atoms with Crippen molar-refractivity contribution < 1.29 is 37.0 Å². The lowest BCUT2D eigenvalue weighted by molar-refractivity contribution is -0.145. The number of esters is 1. The summed E-state index contributed by atoms with van der Waals surface area (Å²) >= 11 is 8.94. The number of ether oxygens (including phenoxy) is 2. The minimum Gasteiger partial charge on any atom is -0.482 e. The van der Waals surface area contributed by atoms with Crippen LogP contribution in [0, 0.1) is 29.6 Å². The topological polar surface area (TPSA) is 106 Å². The van der Waals surface area contributed by atoms with E-state index in [0.29, 0.717) is 27.8 Å². The zero-order valence-electron chi connectivity index (χ0n) is 22.9. The number of aromatic nitrogens is 1. The summed E-state index contributed by atoms with van der Waals surface area (Å²) in [5, 5.41) is 0.823. The summed E-state index contributed by atoms with van der Waals surface area (Å²) in [5.41, 5.74) is -0.876. The maximum Gasteiger partial charge on any atom is 0.418 e. The third-order valence-corrected chi connectivity index (χ3v) is 12.0. The molecule has 1 saturated heterocycles. The number of anilines is 1. The van der Waals surface area contributed by atoms with E-state index in [1.54, 1.807) is 25.1 Å². The Balaban J connectivity index is 1.30. The van der Waals surface area contributed by atoms with Crippen LogP contribution in [0.4, 0.5) is 18.9 Å². The number of alkyl halides is 3. The zero-order valence-corrected chi connectivity index (χ0v) is 25.3. The van der Waals surface area contributed by atoms with Gasteiger partial charge in [-0.1, -0.05) is 35.1 Å². The fourth-order valence-corrected chi connectivity index (χ4v) is 10.8. The number of para-hydroxylation sites is 1. The Hall–Kier alpha value is -3.29. The summed E-state index contributed by atoms with van der Waals surface area (Å²) in [4.78, 5) is 56.6. The van der Waals surface area contributed by atoms with Crippen molar-refractivity contribution in [3.63, 3.8) is 0 Å². The molecule has 1 N–H and O–H groups in total. The molecule has 14 heteroatoms. The Morgan fingerprint density at radius 1 is 1.09 bits per heavy atom. The summed E-state index contributed by atoms with van der Waals surface area (Å²) in [7, 11) is 0. The minimum absolute atomic E-state index is 0.183. The van der Waals surface area contributed by atoms with Crippen molar-refractivity contribution in [1.29, 1.82) is 0 Å². The van der Waals surface area contributed by atoms with Crippen LogP contribution in [-0.4, -0.2) is 41.2 Å². The number of imide groups is 1. The summed E-state index contributed by atoms with van der Waals surface area (Å²) in [6.07, 6.45) is -4.21. The summed E-state index contributed by atoms with van der Waals surface area (Å²) in [6.45, 7) is 1.51. The number of carbonyl (C=O) groups is 3. The molecule has 0 spiro atoms. The van der Waals surface area contributed by atoms with Crippen LogP contribution in [0.5, 0.6) is 5.75 Å². The molecule has 2 aliphatic carbocycles. The smallest absolute Gasteiger partial charge is 0.418 e. The van der Waals surface area contributed by atoms with Crippen LogP contribution < -0.4 is 14.5 Å². The first-order valence-corrected chi connectivity index (χ1v) is 16.1. The van der Waals surface area contributed by atoms with Crippen molar-refractivity contribution in [2.45, 2.75) is 35.7 Å². The van der Waals surface area contributed by atoms with E-state index < -0.39 is 53.0 Å². The van der Waals surface area contributed by atoms with E-state index in [4.69, 9.17) is 21.1 Å². The molecule has 8 nitrogen and oxygen atoms in total. The van der Waals surface area contributed by atoms with Crippen molar-refractivity contribution in [2.75, 3.05) is 18.1 Å². The molecule has 1 aromatic heterocycles. The van der Waals surface area contributed by atoms with Gasteiger partial charge >= 0.3 is 17.0 Å². The van der Waals surface area contributed by atoms with Gasteiger partial charge in [-0.15, -0.1) is 11.8 Å². The van der Waals surface area contributed by atoms with Gasteiger partial charge in [-0.25, -0.2) is 9.69 Å². The number of nitrogens with zero attached hydrogens (tertiary/aromatic N) is 1. The second-order valence-corrected chi connectivity index (χ2v) is 13.9. The largest absolute Gasteiger partial charge is 0.482 e. The molecule has 4 aliphatic rings. The van der Waals surface area contributed by atoms with Crippen molar-refractivity contribution in [3.8, 4) is 5.75 Å². The Morgan fingerprint density at radius 3 is 2.55 bits per heavy atom. The molecule has 3 heterocycles. The highest BCUT2D eigenvalue weighted by atomic mass is 35.5. The van der Waals surface area contributed by atoms with Crippen LogP contribution in [0.3, 0.4) is 0 Å². The Kier molecular flexibility index (Phi) is 7.13. The monoisotopic (exact) mass is 664 g/mol. The Morgan fingerprint density at radius 2 is 1.82 bits per heavy atom. The lowest BCUT2D eigenvalue weighted by Crippen LogP contribution is -2.42. The SMILES string of the molecule is CCOC(=O)COc1ccc(Cl)cc1[C@H]1c2sc(=O)[nH]c2SC2C1[C@H]1C[C@@H]2C2C(=O)N(c3ccccc3C(F)(F)F)C(=O)C21. The number of H-pyrrole nitrogens is 1. The highest BCUT2D eigenvalue weighted by molar-refractivity contribution is 8.00. The second kappa shape index (κ2) is 10.7. The van der Waals surface area contributed by atoms with Gasteiger partial charge in [0.2, 0.25) is 11.8 Å². The molecule has 0 radical (unpaired) electrons. The summed E-state index contributed by atoms with van der Waals surface area (Å²) in [6, 6.07) is 9.61. The fraction of sp³-hybridized carbons (Fsp3) is 0.400. The number of aromatic amines is 1. The van der Waals surface area contributed by atoms with E-state index in [-0.39, 0.29) is 41.1 Å². The summed E-state index contributed by atoms with van der Waals surface area (Å²) in [5.74, 6) is -4.43. The van der Waals surface area contributed by atoms with Gasteiger partial charge in [-0.2, -0.15) is 13.2 Å². The Bertz CT molecular complexity index is 1760. The Labute approximate surface area is 261 Å². The van der Waals surface area contributed by atoms with Crippen LogP contribution in [0.25, 0.3) is 0 Å². The molecule has 7 atom stereocenters. The van der Waals surface area contributed by atoms with E-state index in [2.05, 4.69) is 4.98 Å². The highest BCUT2D eigenvalue weighted by Crippen LogP contribution is 2.69. The van der Waals surface area contributed by atoms with Crippen LogP contribution in [-0.2, 0) is 25.3 Å². The van der Waals surface area contributed by atoms with Gasteiger partial charge in [0, 0.05) is 26.6 Å². The normalized spacial score (nSPS) is 28.6. The first-order chi connectivity index (χ1) is 21.0. The quantitative estimate of drug-likeness (QED) is 0.265. The molecular formula is C30H24ClF3N2O6S2. The number of rotatable bonds is 6. The summed E-state index contributed by atoms with van der Waals surface area (Å²) < 4.78 is 52.7. The fourth-order valence-electron chi connectivity index (χ4n) is 7.74. The predicted octanol–water partition coefficient (Wildman–Crippen LogP) is 5.73. The maximum absolute atomic E-state index is 14.0. The first kappa shape index (κ1) is 29.4. The van der Waals surface area contributed by atoms with Gasteiger partial charge in [-0.3, -0.25) is 14.4 Å².